The maximum atomic E-state index is 13.2. The molecule has 2 aliphatic heterocycles. The normalized spacial score (nSPS) is 21.1. The Balaban J connectivity index is 1.62. The first-order valence-electron chi connectivity index (χ1n) is 11.3. The summed E-state index contributed by atoms with van der Waals surface area (Å²) in [6.45, 7) is 6.47. The zero-order valence-electron chi connectivity index (χ0n) is 19.7. The van der Waals surface area contributed by atoms with Crippen LogP contribution >= 0.6 is 11.6 Å². The summed E-state index contributed by atoms with van der Waals surface area (Å²) in [5.74, 6) is 0.481. The first kappa shape index (κ1) is 24.7. The topological polar surface area (TPSA) is 36.0 Å². The zero-order chi connectivity index (χ0) is 24.8. The molecular formula is C25H29ClF3N3O2. The standard InChI is InChI=1S/C25H29ClF3N3O2/c1-15-13-31(14-16(2)30(15)3)21-12-20-17(10-22(21)34-4)8-9-32(20)23(33)11-18-6-5-7-19(24(18)26)25(27,28)29/h5-7,10,12,15-16H,8-9,11,13-14H2,1-4H3/t15-,16+. The number of halogens is 4. The molecule has 34 heavy (non-hydrogen) atoms. The predicted molar refractivity (Wildman–Crippen MR) is 128 cm³/mol. The monoisotopic (exact) mass is 495 g/mol. The van der Waals surface area contributed by atoms with Crippen molar-refractivity contribution in [3.63, 3.8) is 0 Å². The van der Waals surface area contributed by atoms with Crippen molar-refractivity contribution in [2.24, 2.45) is 0 Å². The minimum atomic E-state index is -4.57. The molecule has 0 radical (unpaired) electrons. The number of hydrogen-bond donors (Lipinski definition) is 0. The van der Waals surface area contributed by atoms with Crippen molar-refractivity contribution in [1.82, 2.24) is 4.90 Å². The van der Waals surface area contributed by atoms with Crippen molar-refractivity contribution in [1.29, 1.82) is 0 Å². The van der Waals surface area contributed by atoms with Crippen molar-refractivity contribution in [2.75, 3.05) is 43.6 Å². The van der Waals surface area contributed by atoms with Gasteiger partial charge in [0.15, 0.2) is 0 Å². The minimum absolute atomic E-state index is 0.172. The van der Waals surface area contributed by atoms with Gasteiger partial charge in [0.1, 0.15) is 5.75 Å². The van der Waals surface area contributed by atoms with Crippen molar-refractivity contribution in [3.05, 3.63) is 52.0 Å². The predicted octanol–water partition coefficient (Wildman–Crippen LogP) is 5.03. The molecule has 2 aromatic carbocycles. The molecule has 9 heteroatoms. The number of likely N-dealkylation sites (N-methyl/N-ethyl adjacent to an activating group) is 1. The third-order valence-electron chi connectivity index (χ3n) is 7.00. The van der Waals surface area contributed by atoms with Gasteiger partial charge in [-0.15, -0.1) is 0 Å². The summed E-state index contributed by atoms with van der Waals surface area (Å²) in [5, 5.41) is -0.418. The Morgan fingerprint density at radius 1 is 1.15 bits per heavy atom. The molecular weight excluding hydrogens is 467 g/mol. The fourth-order valence-electron chi connectivity index (χ4n) is 4.87. The highest BCUT2D eigenvalue weighted by atomic mass is 35.5. The second kappa shape index (κ2) is 9.30. The van der Waals surface area contributed by atoms with Crippen molar-refractivity contribution in [2.45, 2.75) is 44.9 Å². The van der Waals surface area contributed by atoms with E-state index in [0.29, 0.717) is 25.0 Å². The summed E-state index contributed by atoms with van der Waals surface area (Å²) >= 11 is 6.03. The molecule has 2 aromatic rings. The lowest BCUT2D eigenvalue weighted by Gasteiger charge is -2.44. The molecule has 4 rings (SSSR count). The fraction of sp³-hybridized carbons (Fsp3) is 0.480. The third-order valence-corrected chi connectivity index (χ3v) is 7.45. The Bertz CT molecular complexity index is 1080. The quantitative estimate of drug-likeness (QED) is 0.596. The number of ether oxygens (including phenoxy) is 1. The second-order valence-corrected chi connectivity index (χ2v) is 9.55. The highest BCUT2D eigenvalue weighted by Gasteiger charge is 2.35. The Morgan fingerprint density at radius 2 is 1.82 bits per heavy atom. The summed E-state index contributed by atoms with van der Waals surface area (Å²) in [4.78, 5) is 19.5. The summed E-state index contributed by atoms with van der Waals surface area (Å²) in [7, 11) is 3.76. The smallest absolute Gasteiger partial charge is 0.417 e. The van der Waals surface area contributed by atoms with Gasteiger partial charge in [-0.3, -0.25) is 9.69 Å². The van der Waals surface area contributed by atoms with Gasteiger partial charge in [-0.25, -0.2) is 0 Å². The number of nitrogens with zero attached hydrogens (tertiary/aromatic N) is 3. The number of carbonyl (C=O) groups is 1. The molecule has 0 spiro atoms. The molecule has 0 aliphatic carbocycles. The average molecular weight is 496 g/mol. The summed E-state index contributed by atoms with van der Waals surface area (Å²) in [6, 6.07) is 8.34. The molecule has 1 fully saturated rings. The lowest BCUT2D eigenvalue weighted by atomic mass is 10.1. The van der Waals surface area contributed by atoms with Crippen LogP contribution in [0.5, 0.6) is 5.75 Å². The number of rotatable bonds is 4. The molecule has 2 heterocycles. The van der Waals surface area contributed by atoms with E-state index in [1.807, 2.05) is 12.1 Å². The molecule has 0 unspecified atom stereocenters. The number of amides is 1. The van der Waals surface area contributed by atoms with E-state index in [2.05, 4.69) is 30.7 Å². The van der Waals surface area contributed by atoms with Crippen LogP contribution in [0, 0.1) is 0 Å². The van der Waals surface area contributed by atoms with Crippen LogP contribution in [-0.2, 0) is 23.8 Å². The largest absolute Gasteiger partial charge is 0.495 e. The Kier molecular flexibility index (Phi) is 6.75. The zero-order valence-corrected chi connectivity index (χ0v) is 20.5. The maximum absolute atomic E-state index is 13.2. The van der Waals surface area contributed by atoms with Crippen LogP contribution in [-0.4, -0.2) is 56.7 Å². The molecule has 5 nitrogen and oxygen atoms in total. The molecule has 2 atom stereocenters. The van der Waals surface area contributed by atoms with Gasteiger partial charge in [0.05, 0.1) is 29.8 Å². The van der Waals surface area contributed by atoms with Gasteiger partial charge in [0, 0.05) is 37.4 Å². The van der Waals surface area contributed by atoms with Gasteiger partial charge >= 0.3 is 6.18 Å². The van der Waals surface area contributed by atoms with Crippen LogP contribution in [0.4, 0.5) is 24.5 Å². The lowest BCUT2D eigenvalue weighted by Crippen LogP contribution is -2.55. The van der Waals surface area contributed by atoms with Gasteiger partial charge in [0.2, 0.25) is 5.91 Å². The first-order valence-corrected chi connectivity index (χ1v) is 11.7. The fourth-order valence-corrected chi connectivity index (χ4v) is 5.17. The van der Waals surface area contributed by atoms with Gasteiger partial charge in [-0.2, -0.15) is 13.2 Å². The van der Waals surface area contributed by atoms with Crippen LogP contribution in [0.2, 0.25) is 5.02 Å². The van der Waals surface area contributed by atoms with Gasteiger partial charge in [-0.05, 0) is 56.6 Å². The van der Waals surface area contributed by atoms with Crippen LogP contribution in [0.25, 0.3) is 0 Å². The Labute approximate surface area is 203 Å². The van der Waals surface area contributed by atoms with E-state index in [1.54, 1.807) is 12.0 Å². The van der Waals surface area contributed by atoms with E-state index in [4.69, 9.17) is 16.3 Å². The first-order chi connectivity index (χ1) is 16.0. The van der Waals surface area contributed by atoms with Crippen molar-refractivity contribution < 1.29 is 22.7 Å². The number of methoxy groups -OCH3 is 1. The van der Waals surface area contributed by atoms with E-state index >= 15 is 0 Å². The van der Waals surface area contributed by atoms with E-state index in [9.17, 15) is 18.0 Å². The molecule has 184 valence electrons. The molecule has 0 aromatic heterocycles. The Hall–Kier alpha value is -2.45. The number of piperazine rings is 1. The number of benzene rings is 2. The number of hydrogen-bond acceptors (Lipinski definition) is 4. The highest BCUT2D eigenvalue weighted by molar-refractivity contribution is 6.32. The molecule has 2 aliphatic rings. The molecule has 0 N–H and O–H groups in total. The van der Waals surface area contributed by atoms with Crippen LogP contribution in [0.1, 0.15) is 30.5 Å². The van der Waals surface area contributed by atoms with Crippen LogP contribution in [0.3, 0.4) is 0 Å². The molecule has 0 bridgehead atoms. The van der Waals surface area contributed by atoms with E-state index in [-0.39, 0.29) is 17.9 Å². The number of alkyl halides is 3. The van der Waals surface area contributed by atoms with E-state index in [1.165, 1.54) is 12.1 Å². The van der Waals surface area contributed by atoms with E-state index < -0.39 is 16.8 Å². The number of anilines is 2. The third kappa shape index (κ3) is 4.58. The van der Waals surface area contributed by atoms with Gasteiger partial charge in [0.25, 0.3) is 0 Å². The van der Waals surface area contributed by atoms with Crippen molar-refractivity contribution in [3.8, 4) is 5.75 Å². The number of carbonyl (C=O) groups excluding carboxylic acids is 1. The van der Waals surface area contributed by atoms with Gasteiger partial charge in [-0.1, -0.05) is 23.7 Å². The number of fused-ring (bicyclic) bond motifs is 1. The van der Waals surface area contributed by atoms with Crippen molar-refractivity contribution >= 4 is 28.9 Å². The summed E-state index contributed by atoms with van der Waals surface area (Å²) in [5.41, 5.74) is 1.93. The van der Waals surface area contributed by atoms with Crippen LogP contribution in [0.15, 0.2) is 30.3 Å². The average Bonchev–Trinajstić information content (AvgIpc) is 3.19. The SMILES string of the molecule is COc1cc2c(cc1N1C[C@@H](C)N(C)[C@@H](C)C1)N(C(=O)Cc1cccc(C(F)(F)F)c1Cl)CC2. The van der Waals surface area contributed by atoms with E-state index in [0.717, 1.165) is 41.8 Å². The highest BCUT2D eigenvalue weighted by Crippen LogP contribution is 2.41. The van der Waals surface area contributed by atoms with Gasteiger partial charge < -0.3 is 14.5 Å². The Morgan fingerprint density at radius 3 is 2.44 bits per heavy atom. The second-order valence-electron chi connectivity index (χ2n) is 9.17. The minimum Gasteiger partial charge on any atom is -0.495 e. The summed E-state index contributed by atoms with van der Waals surface area (Å²) in [6.07, 6.45) is -4.12. The maximum Gasteiger partial charge on any atom is 0.417 e. The van der Waals surface area contributed by atoms with Crippen LogP contribution < -0.4 is 14.5 Å². The lowest BCUT2D eigenvalue weighted by molar-refractivity contribution is -0.137. The molecule has 0 saturated carbocycles. The summed E-state index contributed by atoms with van der Waals surface area (Å²) < 4.78 is 45.4. The molecule has 1 saturated heterocycles. The molecule has 1 amide bonds.